The van der Waals surface area contributed by atoms with E-state index in [0.29, 0.717) is 5.41 Å². The Labute approximate surface area is 56.3 Å². The molecule has 0 saturated heterocycles. The summed E-state index contributed by atoms with van der Waals surface area (Å²) < 4.78 is 0. The van der Waals surface area contributed by atoms with E-state index in [-0.39, 0.29) is 0 Å². The maximum Gasteiger partial charge on any atom is -0.00428 e. The first-order valence-electron chi connectivity index (χ1n) is 3.62. The van der Waals surface area contributed by atoms with E-state index in [4.69, 9.17) is 0 Å². The first kappa shape index (κ1) is 5.28. The smallest absolute Gasteiger partial charge is 0.00428 e. The van der Waals surface area contributed by atoms with Crippen LogP contribution in [0.1, 0.15) is 20.3 Å². The molecule has 0 fully saturated rings. The zero-order valence-electron chi connectivity index (χ0n) is 6.02. The molecule has 0 aliphatic heterocycles. The highest BCUT2D eigenvalue weighted by atomic mass is 14.4. The molecule has 0 spiro atoms. The molecule has 2 rings (SSSR count). The van der Waals surface area contributed by atoms with E-state index in [1.807, 2.05) is 0 Å². The summed E-state index contributed by atoms with van der Waals surface area (Å²) in [4.78, 5) is 0. The van der Waals surface area contributed by atoms with Gasteiger partial charge in [0.25, 0.3) is 0 Å². The van der Waals surface area contributed by atoms with Crippen molar-refractivity contribution in [1.29, 1.82) is 0 Å². The Bertz CT molecular complexity index is 198. The summed E-state index contributed by atoms with van der Waals surface area (Å²) in [5.41, 5.74) is 2.05. The van der Waals surface area contributed by atoms with E-state index in [9.17, 15) is 0 Å². The predicted octanol–water partition coefficient (Wildman–Crippen LogP) is 2.53. The van der Waals surface area contributed by atoms with Crippen LogP contribution in [-0.2, 0) is 0 Å². The Morgan fingerprint density at radius 2 is 2.44 bits per heavy atom. The van der Waals surface area contributed by atoms with Gasteiger partial charge in [-0.25, -0.2) is 0 Å². The van der Waals surface area contributed by atoms with Gasteiger partial charge >= 0.3 is 0 Å². The summed E-state index contributed by atoms with van der Waals surface area (Å²) in [6, 6.07) is 0. The molecule has 9 heavy (non-hydrogen) atoms. The van der Waals surface area contributed by atoms with Crippen molar-refractivity contribution < 1.29 is 0 Å². The molecule has 0 heteroatoms. The SMILES string of the molecule is CC1C2=CCC1(C)C=C2. The molecule has 2 atom stereocenters. The van der Waals surface area contributed by atoms with Crippen LogP contribution < -0.4 is 0 Å². The number of rotatable bonds is 0. The molecule has 0 nitrogen and oxygen atoms in total. The topological polar surface area (TPSA) is 0 Å². The molecule has 0 heterocycles. The van der Waals surface area contributed by atoms with E-state index in [1.54, 1.807) is 5.57 Å². The molecule has 48 valence electrons. The van der Waals surface area contributed by atoms with Gasteiger partial charge in [-0.15, -0.1) is 0 Å². The quantitative estimate of drug-likeness (QED) is 0.461. The zero-order valence-corrected chi connectivity index (χ0v) is 6.02. The van der Waals surface area contributed by atoms with Crippen LogP contribution >= 0.6 is 0 Å². The molecule has 0 aromatic carbocycles. The van der Waals surface area contributed by atoms with Gasteiger partial charge in [0.1, 0.15) is 0 Å². The molecular weight excluding hydrogens is 108 g/mol. The van der Waals surface area contributed by atoms with Crippen LogP contribution in [0.5, 0.6) is 0 Å². The fraction of sp³-hybridized carbons (Fsp3) is 0.556. The molecule has 0 aromatic rings. The highest BCUT2D eigenvalue weighted by Crippen LogP contribution is 2.49. The lowest BCUT2D eigenvalue weighted by molar-refractivity contribution is 0.367. The Balaban J connectivity index is 2.47. The van der Waals surface area contributed by atoms with E-state index < -0.39 is 0 Å². The summed E-state index contributed by atoms with van der Waals surface area (Å²) in [5.74, 6) is 0.789. The van der Waals surface area contributed by atoms with E-state index in [0.717, 1.165) is 5.92 Å². The second-order valence-corrected chi connectivity index (χ2v) is 3.47. The molecule has 2 aliphatic carbocycles. The maximum atomic E-state index is 2.37. The van der Waals surface area contributed by atoms with Crippen LogP contribution in [0.15, 0.2) is 23.8 Å². The largest absolute Gasteiger partial charge is 0.0801 e. The second-order valence-electron chi connectivity index (χ2n) is 3.47. The van der Waals surface area contributed by atoms with Crippen molar-refractivity contribution in [2.75, 3.05) is 0 Å². The standard InChI is InChI=1S/C9H12/c1-7-8-3-5-9(7,2)6-4-8/h3-5,7H,6H2,1-2H3. The summed E-state index contributed by atoms with van der Waals surface area (Å²) >= 11 is 0. The number of hydrogen-bond donors (Lipinski definition) is 0. The highest BCUT2D eigenvalue weighted by Gasteiger charge is 2.37. The van der Waals surface area contributed by atoms with Crippen LogP contribution in [0.4, 0.5) is 0 Å². The minimum absolute atomic E-state index is 0.495. The summed E-state index contributed by atoms with van der Waals surface area (Å²) in [7, 11) is 0. The summed E-state index contributed by atoms with van der Waals surface area (Å²) in [6.07, 6.45) is 8.26. The lowest BCUT2D eigenvalue weighted by atomic mass is 9.83. The number of hydrogen-bond acceptors (Lipinski definition) is 0. The highest BCUT2D eigenvalue weighted by molar-refractivity contribution is 5.38. The third kappa shape index (κ3) is 0.487. The molecule has 0 N–H and O–H groups in total. The average Bonchev–Trinajstić information content (AvgIpc) is 2.24. The van der Waals surface area contributed by atoms with E-state index >= 15 is 0 Å². The summed E-state index contributed by atoms with van der Waals surface area (Å²) in [5, 5.41) is 0. The average molecular weight is 120 g/mol. The maximum absolute atomic E-state index is 2.37. The van der Waals surface area contributed by atoms with Crippen molar-refractivity contribution in [3.63, 3.8) is 0 Å². The molecule has 0 saturated carbocycles. The molecule has 2 bridgehead atoms. The van der Waals surface area contributed by atoms with Crippen molar-refractivity contribution in [3.05, 3.63) is 23.8 Å². The molecule has 0 amide bonds. The first-order valence-corrected chi connectivity index (χ1v) is 3.62. The van der Waals surface area contributed by atoms with Crippen LogP contribution in [0.25, 0.3) is 0 Å². The number of allylic oxidation sites excluding steroid dienone is 4. The van der Waals surface area contributed by atoms with Crippen molar-refractivity contribution >= 4 is 0 Å². The van der Waals surface area contributed by atoms with Crippen LogP contribution in [0.3, 0.4) is 0 Å². The van der Waals surface area contributed by atoms with Gasteiger partial charge in [0.05, 0.1) is 0 Å². The Morgan fingerprint density at radius 1 is 1.67 bits per heavy atom. The third-order valence-electron chi connectivity index (χ3n) is 2.92. The van der Waals surface area contributed by atoms with Gasteiger partial charge in [-0.05, 0) is 23.3 Å². The fourth-order valence-corrected chi connectivity index (χ4v) is 1.78. The minimum Gasteiger partial charge on any atom is -0.0801 e. The van der Waals surface area contributed by atoms with Crippen molar-refractivity contribution in [2.24, 2.45) is 11.3 Å². The van der Waals surface area contributed by atoms with Gasteiger partial charge in [-0.2, -0.15) is 0 Å². The Hall–Kier alpha value is -0.520. The van der Waals surface area contributed by atoms with Gasteiger partial charge in [0.2, 0.25) is 0 Å². The van der Waals surface area contributed by atoms with Crippen LogP contribution in [0.2, 0.25) is 0 Å². The van der Waals surface area contributed by atoms with Crippen LogP contribution in [-0.4, -0.2) is 0 Å². The molecular formula is C9H12. The van der Waals surface area contributed by atoms with E-state index in [1.165, 1.54) is 6.42 Å². The van der Waals surface area contributed by atoms with Gasteiger partial charge in [-0.1, -0.05) is 32.1 Å². The number of fused-ring (bicyclic) bond motifs is 2. The lowest BCUT2D eigenvalue weighted by Crippen LogP contribution is -2.13. The third-order valence-corrected chi connectivity index (χ3v) is 2.92. The Morgan fingerprint density at radius 3 is 2.56 bits per heavy atom. The predicted molar refractivity (Wildman–Crippen MR) is 39.1 cm³/mol. The van der Waals surface area contributed by atoms with Gasteiger partial charge in [0.15, 0.2) is 0 Å². The molecule has 2 aliphatic rings. The van der Waals surface area contributed by atoms with Crippen molar-refractivity contribution in [1.82, 2.24) is 0 Å². The molecule has 2 unspecified atom stereocenters. The molecule has 0 aromatic heterocycles. The second kappa shape index (κ2) is 1.31. The van der Waals surface area contributed by atoms with Gasteiger partial charge in [-0.3, -0.25) is 0 Å². The first-order chi connectivity index (χ1) is 4.22. The van der Waals surface area contributed by atoms with Gasteiger partial charge < -0.3 is 0 Å². The van der Waals surface area contributed by atoms with Crippen molar-refractivity contribution in [2.45, 2.75) is 20.3 Å². The van der Waals surface area contributed by atoms with E-state index in [2.05, 4.69) is 32.1 Å². The van der Waals surface area contributed by atoms with Crippen LogP contribution in [0, 0.1) is 11.3 Å². The monoisotopic (exact) mass is 120 g/mol. The lowest BCUT2D eigenvalue weighted by Gasteiger charge is -2.21. The fourth-order valence-electron chi connectivity index (χ4n) is 1.78. The van der Waals surface area contributed by atoms with Gasteiger partial charge in [0, 0.05) is 0 Å². The minimum atomic E-state index is 0.495. The van der Waals surface area contributed by atoms with Crippen molar-refractivity contribution in [3.8, 4) is 0 Å². The molecule has 0 radical (unpaired) electrons. The Kier molecular flexibility index (Phi) is 0.769. The zero-order chi connectivity index (χ0) is 6.48. The summed E-state index contributed by atoms with van der Waals surface area (Å²) in [6.45, 7) is 4.66. The normalized spacial score (nSPS) is 46.0.